The lowest BCUT2D eigenvalue weighted by Crippen LogP contribution is -2.76. The molecule has 43 heavy (non-hydrogen) atoms. The number of carbonyl (C=O) groups excluding carboxylic acids is 5. The highest BCUT2D eigenvalue weighted by Gasteiger charge is 2.62. The molecule has 1 fully saturated rings. The van der Waals surface area contributed by atoms with E-state index in [0.717, 1.165) is 0 Å². The molecule has 0 radical (unpaired) electrons. The van der Waals surface area contributed by atoms with Gasteiger partial charge in [0.25, 0.3) is 0 Å². The Bertz CT molecular complexity index is 1590. The van der Waals surface area contributed by atoms with Crippen LogP contribution in [-0.4, -0.2) is 108 Å². The second-order valence-electron chi connectivity index (χ2n) is 11.3. The molecule has 0 aromatic heterocycles. The van der Waals surface area contributed by atoms with E-state index in [1.54, 1.807) is 36.8 Å². The van der Waals surface area contributed by atoms with E-state index >= 15 is 0 Å². The van der Waals surface area contributed by atoms with Crippen molar-refractivity contribution in [2.75, 3.05) is 27.9 Å². The zero-order chi connectivity index (χ0) is 31.7. The molecule has 0 aromatic carbocycles. The number of ketones is 4. The van der Waals surface area contributed by atoms with Gasteiger partial charge in [-0.1, -0.05) is 6.08 Å². The van der Waals surface area contributed by atoms with E-state index in [1.165, 1.54) is 28.1 Å². The number of piperazine rings is 1. The highest BCUT2D eigenvalue weighted by Crippen LogP contribution is 2.49. The van der Waals surface area contributed by atoms with Crippen LogP contribution < -0.4 is 0 Å². The number of allylic oxidation sites excluding steroid dienone is 5. The average molecular weight is 592 g/mol. The summed E-state index contributed by atoms with van der Waals surface area (Å²) in [4.78, 5) is 71.0. The first-order chi connectivity index (χ1) is 20.4. The van der Waals surface area contributed by atoms with Gasteiger partial charge in [0.1, 0.15) is 18.8 Å². The fourth-order valence-corrected chi connectivity index (χ4v) is 7.24. The summed E-state index contributed by atoms with van der Waals surface area (Å²) >= 11 is 0. The van der Waals surface area contributed by atoms with Crippen LogP contribution in [0, 0.1) is 11.3 Å². The molecule has 5 rings (SSSR count). The van der Waals surface area contributed by atoms with Crippen LogP contribution in [0.1, 0.15) is 34.1 Å². The molecule has 6 unspecified atom stereocenters. The van der Waals surface area contributed by atoms with Crippen molar-refractivity contribution in [3.63, 3.8) is 0 Å². The molecule has 1 N–H and O–H groups in total. The van der Waals surface area contributed by atoms with Crippen LogP contribution in [0.5, 0.6) is 0 Å². The van der Waals surface area contributed by atoms with Crippen LogP contribution >= 0.6 is 0 Å². The molecule has 0 aromatic rings. The molecule has 1 saturated heterocycles. The maximum absolute atomic E-state index is 13.9. The molecule has 12 heteroatoms. The van der Waals surface area contributed by atoms with Gasteiger partial charge in [-0.05, 0) is 41.2 Å². The third-order valence-corrected chi connectivity index (χ3v) is 9.39. The average Bonchev–Trinajstić information content (AvgIpc) is 2.98. The fraction of sp³-hybridized carbons (Fsp3) is 0.484. The predicted octanol–water partition coefficient (Wildman–Crippen LogP) is 0.626. The largest absolute Gasteiger partial charge is 0.492 e. The highest BCUT2D eigenvalue weighted by atomic mass is 16.5. The van der Waals surface area contributed by atoms with Gasteiger partial charge in [-0.3, -0.25) is 29.0 Å². The van der Waals surface area contributed by atoms with Gasteiger partial charge in [0.05, 0.1) is 38.4 Å². The third kappa shape index (κ3) is 4.10. The molecule has 2 bridgehead atoms. The molecule has 226 valence electrons. The lowest BCUT2D eigenvalue weighted by atomic mass is 9.66. The smallest absolute Gasteiger partial charge is 0.333 e. The Balaban J connectivity index is 1.74. The number of ether oxygens (including phenoxy) is 3. The first-order valence-electron chi connectivity index (χ1n) is 13.9. The molecule has 6 atom stereocenters. The van der Waals surface area contributed by atoms with E-state index < -0.39 is 72.0 Å². The van der Waals surface area contributed by atoms with Crippen molar-refractivity contribution in [3.8, 4) is 6.07 Å². The number of likely N-dealkylation sites (N-methyl/N-ethyl adjacent to an activating group) is 1. The van der Waals surface area contributed by atoms with Crippen LogP contribution in [0.3, 0.4) is 0 Å². The molecule has 3 heterocycles. The van der Waals surface area contributed by atoms with E-state index in [1.807, 2.05) is 0 Å². The minimum Gasteiger partial charge on any atom is -0.492 e. The second-order valence-corrected chi connectivity index (χ2v) is 11.3. The van der Waals surface area contributed by atoms with E-state index in [9.17, 15) is 34.3 Å². The Hall–Kier alpha value is -4.18. The number of esters is 1. The van der Waals surface area contributed by atoms with Gasteiger partial charge in [0.15, 0.2) is 23.1 Å². The number of rotatable bonds is 5. The number of hydrogen-bond donors (Lipinski definition) is 1. The number of carbonyl (C=O) groups is 5. The van der Waals surface area contributed by atoms with Gasteiger partial charge in [-0.15, -0.1) is 0 Å². The summed E-state index contributed by atoms with van der Waals surface area (Å²) in [5.41, 5.74) is 0.623. The second kappa shape index (κ2) is 10.8. The Morgan fingerprint density at radius 2 is 1.58 bits per heavy atom. The van der Waals surface area contributed by atoms with Gasteiger partial charge < -0.3 is 19.3 Å². The molecule has 5 aliphatic rings. The number of aliphatic hydroxyl groups excluding tert-OH is 1. The predicted molar refractivity (Wildman–Crippen MR) is 149 cm³/mol. The van der Waals surface area contributed by atoms with Crippen molar-refractivity contribution >= 4 is 29.1 Å². The number of methoxy groups -OCH3 is 2. The molecular weight excluding hydrogens is 558 g/mol. The maximum atomic E-state index is 13.9. The van der Waals surface area contributed by atoms with Crippen LogP contribution in [0.25, 0.3) is 0 Å². The van der Waals surface area contributed by atoms with Gasteiger partial charge in [-0.25, -0.2) is 4.79 Å². The Morgan fingerprint density at radius 1 is 1.00 bits per heavy atom. The standard InChI is InChI=1S/C31H33N3O9/c1-8-12(2)31(40)43-11-18-19-15(24(35)13(3)29(41-6)27(19)38)9-16-22-20-21(25(36)14(4)30(42-7)28(20)39)26(37)23(33(22)5)17(10-32)34(16)18/h8,16-18,22-23,26,37H,9,11H2,1-7H3. The first-order valence-corrected chi connectivity index (χ1v) is 13.9. The fourth-order valence-electron chi connectivity index (χ4n) is 7.24. The first kappa shape index (κ1) is 30.3. The van der Waals surface area contributed by atoms with Crippen LogP contribution in [-0.2, 0) is 38.2 Å². The van der Waals surface area contributed by atoms with Crippen molar-refractivity contribution in [2.24, 2.45) is 0 Å². The number of aliphatic hydroxyl groups is 1. The summed E-state index contributed by atoms with van der Waals surface area (Å²) in [5.74, 6) is -3.07. The van der Waals surface area contributed by atoms with E-state index in [-0.39, 0.29) is 51.4 Å². The Kier molecular flexibility index (Phi) is 7.62. The maximum Gasteiger partial charge on any atom is 0.333 e. The summed E-state index contributed by atoms with van der Waals surface area (Å²) in [6, 6.07) is -2.66. The van der Waals surface area contributed by atoms with Crippen LogP contribution in [0.2, 0.25) is 0 Å². The summed E-state index contributed by atoms with van der Waals surface area (Å²) in [7, 11) is 4.21. The van der Waals surface area contributed by atoms with Gasteiger partial charge in [0, 0.05) is 45.1 Å². The van der Waals surface area contributed by atoms with Crippen molar-refractivity contribution < 1.29 is 43.3 Å². The molecule has 0 saturated carbocycles. The normalized spacial score (nSPS) is 31.6. The molecule has 3 aliphatic heterocycles. The number of hydrogen-bond acceptors (Lipinski definition) is 12. The van der Waals surface area contributed by atoms with E-state index in [0.29, 0.717) is 5.57 Å². The summed E-state index contributed by atoms with van der Waals surface area (Å²) in [5, 5.41) is 22.2. The molecule has 0 spiro atoms. The zero-order valence-electron chi connectivity index (χ0n) is 25.0. The van der Waals surface area contributed by atoms with Gasteiger partial charge in [0.2, 0.25) is 11.6 Å². The Morgan fingerprint density at radius 3 is 2.14 bits per heavy atom. The third-order valence-electron chi connectivity index (χ3n) is 9.39. The summed E-state index contributed by atoms with van der Waals surface area (Å²) < 4.78 is 16.2. The lowest BCUT2D eigenvalue weighted by molar-refractivity contribution is -0.145. The van der Waals surface area contributed by atoms with E-state index in [4.69, 9.17) is 14.2 Å². The number of nitriles is 1. The number of Topliss-reactive ketones (excluding diaryl/α,β-unsaturated/α-hetero) is 4. The quantitative estimate of drug-likeness (QED) is 0.270. The SMILES string of the molecule is CC=C(C)C(=O)OCC1C2=C(CC3C4C5=C(C(=O)C(C)=C(OC)C5=O)C(O)C(C(C#N)N13)N4C)C(=O)C(C)=C(OC)C2=O. The van der Waals surface area contributed by atoms with Gasteiger partial charge in [-0.2, -0.15) is 5.26 Å². The van der Waals surface area contributed by atoms with Crippen molar-refractivity contribution in [3.05, 3.63) is 56.6 Å². The van der Waals surface area contributed by atoms with Crippen molar-refractivity contribution in [1.29, 1.82) is 5.26 Å². The molecule has 2 aliphatic carbocycles. The minimum absolute atomic E-state index is 0.0223. The Labute approximate surface area is 248 Å². The summed E-state index contributed by atoms with van der Waals surface area (Å²) in [6.45, 7) is 5.77. The monoisotopic (exact) mass is 591 g/mol. The molecule has 0 amide bonds. The van der Waals surface area contributed by atoms with Crippen molar-refractivity contribution in [1.82, 2.24) is 9.80 Å². The minimum atomic E-state index is -1.53. The topological polar surface area (TPSA) is 164 Å². The van der Waals surface area contributed by atoms with E-state index in [2.05, 4.69) is 6.07 Å². The zero-order valence-corrected chi connectivity index (χ0v) is 25.0. The molecule has 12 nitrogen and oxygen atoms in total. The van der Waals surface area contributed by atoms with Crippen LogP contribution in [0.4, 0.5) is 0 Å². The number of fused-ring (bicyclic) bond motifs is 5. The van der Waals surface area contributed by atoms with Crippen LogP contribution in [0.15, 0.2) is 56.6 Å². The highest BCUT2D eigenvalue weighted by molar-refractivity contribution is 6.26. The summed E-state index contributed by atoms with van der Waals surface area (Å²) in [6.07, 6.45) is -0.0135. The van der Waals surface area contributed by atoms with Crippen molar-refractivity contribution in [2.45, 2.75) is 70.4 Å². The van der Waals surface area contributed by atoms with Gasteiger partial charge >= 0.3 is 5.97 Å². The number of nitrogens with zero attached hydrogens (tertiary/aromatic N) is 3. The lowest BCUT2D eigenvalue weighted by Gasteiger charge is -2.61. The molecular formula is C31H33N3O9.